The number of fused-ring (bicyclic) bond motifs is 2. The SMILES string of the molecule is COc1cc(-c2cc(C(C)(C)C)nc3n[nH]c(N)c23)cc(O)c1OC.Nc1[nH]nc2nc(C3CC3)cc(-c3ccc(Cl)c(Cl)c3)c12. The number of hydrogen-bond donors (Lipinski definition) is 5. The molecule has 0 unspecified atom stereocenters. The van der Waals surface area contributed by atoms with Crippen molar-refractivity contribution in [3.8, 4) is 39.5 Å². The summed E-state index contributed by atoms with van der Waals surface area (Å²) in [5, 5.41) is 26.9. The number of halogens is 2. The number of anilines is 2. The zero-order valence-electron chi connectivity index (χ0n) is 26.0. The van der Waals surface area contributed by atoms with Crippen LogP contribution in [0.1, 0.15) is 50.9 Å². The molecule has 6 aromatic rings. The summed E-state index contributed by atoms with van der Waals surface area (Å²) in [7, 11) is 3.00. The highest BCUT2D eigenvalue weighted by Crippen LogP contribution is 2.44. The van der Waals surface area contributed by atoms with Crippen molar-refractivity contribution < 1.29 is 14.6 Å². The minimum Gasteiger partial charge on any atom is -0.504 e. The maximum absolute atomic E-state index is 10.3. The van der Waals surface area contributed by atoms with Gasteiger partial charge in [-0.3, -0.25) is 10.2 Å². The number of nitrogens with two attached hydrogens (primary N) is 2. The number of aromatic hydroxyl groups is 1. The molecule has 1 aliphatic rings. The fraction of sp³-hybridized carbons (Fsp3) is 0.273. The number of hydrogen-bond acceptors (Lipinski definition) is 9. The number of nitrogen functional groups attached to an aromatic ring is 2. The van der Waals surface area contributed by atoms with Crippen LogP contribution < -0.4 is 20.9 Å². The average molecular weight is 662 g/mol. The van der Waals surface area contributed by atoms with E-state index in [1.54, 1.807) is 18.2 Å². The first kappa shape index (κ1) is 31.3. The molecular formula is C33H34Cl2N8O3. The third kappa shape index (κ3) is 5.83. The molecule has 0 saturated heterocycles. The van der Waals surface area contributed by atoms with E-state index in [2.05, 4.69) is 57.2 Å². The lowest BCUT2D eigenvalue weighted by Crippen LogP contribution is -2.13. The number of aromatic amines is 2. The van der Waals surface area contributed by atoms with Crippen LogP contribution in [0.15, 0.2) is 42.5 Å². The Morgan fingerprint density at radius 1 is 0.804 bits per heavy atom. The number of benzene rings is 2. The molecule has 0 amide bonds. The largest absolute Gasteiger partial charge is 0.504 e. The smallest absolute Gasteiger partial charge is 0.203 e. The van der Waals surface area contributed by atoms with Gasteiger partial charge in [0.15, 0.2) is 22.8 Å². The molecule has 0 radical (unpaired) electrons. The Morgan fingerprint density at radius 3 is 2.00 bits per heavy atom. The fourth-order valence-electron chi connectivity index (χ4n) is 5.30. The van der Waals surface area contributed by atoms with E-state index in [1.165, 1.54) is 27.1 Å². The Hall–Kier alpha value is -4.74. The van der Waals surface area contributed by atoms with Crippen molar-refractivity contribution in [2.75, 3.05) is 25.7 Å². The molecule has 0 aliphatic heterocycles. The van der Waals surface area contributed by atoms with E-state index in [0.29, 0.717) is 50.0 Å². The summed E-state index contributed by atoms with van der Waals surface area (Å²) >= 11 is 12.1. The maximum Gasteiger partial charge on any atom is 0.203 e. The molecule has 1 aliphatic carbocycles. The summed E-state index contributed by atoms with van der Waals surface area (Å²) < 4.78 is 10.5. The van der Waals surface area contributed by atoms with E-state index in [0.717, 1.165) is 39.0 Å². The van der Waals surface area contributed by atoms with Gasteiger partial charge < -0.3 is 26.0 Å². The Labute approximate surface area is 275 Å². The van der Waals surface area contributed by atoms with Crippen molar-refractivity contribution in [2.45, 2.75) is 44.9 Å². The molecule has 46 heavy (non-hydrogen) atoms. The van der Waals surface area contributed by atoms with Crippen LogP contribution in [-0.2, 0) is 5.41 Å². The second-order valence-electron chi connectivity index (χ2n) is 12.2. The monoisotopic (exact) mass is 660 g/mol. The lowest BCUT2D eigenvalue weighted by molar-refractivity contribution is 0.333. The van der Waals surface area contributed by atoms with E-state index in [4.69, 9.17) is 44.1 Å². The van der Waals surface area contributed by atoms with E-state index < -0.39 is 0 Å². The lowest BCUT2D eigenvalue weighted by Gasteiger charge is -2.19. The Balaban J connectivity index is 0.000000164. The van der Waals surface area contributed by atoms with Gasteiger partial charge in [0, 0.05) is 22.7 Å². The minimum atomic E-state index is -0.171. The second kappa shape index (κ2) is 11.9. The predicted molar refractivity (Wildman–Crippen MR) is 183 cm³/mol. The van der Waals surface area contributed by atoms with Gasteiger partial charge >= 0.3 is 0 Å². The molecule has 7 rings (SSSR count). The number of ether oxygens (including phenoxy) is 2. The van der Waals surface area contributed by atoms with E-state index in [1.807, 2.05) is 18.2 Å². The van der Waals surface area contributed by atoms with Crippen LogP contribution in [-0.4, -0.2) is 49.7 Å². The number of pyridine rings is 2. The van der Waals surface area contributed by atoms with Crippen LogP contribution in [0, 0.1) is 0 Å². The number of methoxy groups -OCH3 is 2. The summed E-state index contributed by atoms with van der Waals surface area (Å²) in [6, 6.07) is 13.0. The molecule has 1 fully saturated rings. The number of nitrogens with one attached hydrogen (secondary N) is 2. The van der Waals surface area contributed by atoms with E-state index >= 15 is 0 Å². The average Bonchev–Trinajstić information content (AvgIpc) is 3.72. The first-order chi connectivity index (χ1) is 21.9. The molecule has 2 aromatic carbocycles. The van der Waals surface area contributed by atoms with Crippen LogP contribution in [0.2, 0.25) is 10.0 Å². The molecule has 0 spiro atoms. The van der Waals surface area contributed by atoms with Crippen molar-refractivity contribution in [1.29, 1.82) is 0 Å². The topological polar surface area (TPSA) is 174 Å². The third-order valence-electron chi connectivity index (χ3n) is 7.89. The fourth-order valence-corrected chi connectivity index (χ4v) is 5.60. The van der Waals surface area contributed by atoms with Crippen LogP contribution in [0.3, 0.4) is 0 Å². The number of nitrogens with zero attached hydrogens (tertiary/aromatic N) is 4. The normalized spacial score (nSPS) is 13.1. The predicted octanol–water partition coefficient (Wildman–Crippen LogP) is 7.62. The molecule has 0 atom stereocenters. The lowest BCUT2D eigenvalue weighted by atomic mass is 9.89. The summed E-state index contributed by atoms with van der Waals surface area (Å²) in [5.74, 6) is 2.18. The van der Waals surface area contributed by atoms with Crippen LogP contribution >= 0.6 is 23.2 Å². The number of aromatic nitrogens is 6. The standard InChI is InChI=1S/C18H22N4O3.C15H12Cl2N4/c1-18(2,3)13-8-10(14-16(19)21-22-17(14)20-13)9-6-11(23)15(25-5)12(7-9)24-4;16-10-4-3-8(5-11(10)17)9-6-12(7-1-2-7)19-15-13(9)14(18)20-21-15/h6-8,23H,1-5H3,(H3,19,20,21,22);3-7H,1-2H2,(H3,18,19,20,21). The molecule has 238 valence electrons. The molecule has 0 bridgehead atoms. The van der Waals surface area contributed by atoms with Crippen LogP contribution in [0.4, 0.5) is 11.6 Å². The zero-order valence-corrected chi connectivity index (χ0v) is 27.5. The molecule has 7 N–H and O–H groups in total. The molecule has 4 heterocycles. The summed E-state index contributed by atoms with van der Waals surface area (Å²) in [4.78, 5) is 9.21. The van der Waals surface area contributed by atoms with Gasteiger partial charge in [0.2, 0.25) is 5.75 Å². The number of phenols is 1. The number of H-pyrrole nitrogens is 2. The first-order valence-electron chi connectivity index (χ1n) is 14.6. The zero-order chi connectivity index (χ0) is 32.9. The maximum atomic E-state index is 10.3. The van der Waals surface area contributed by atoms with Crippen molar-refractivity contribution >= 4 is 56.9 Å². The van der Waals surface area contributed by atoms with Gasteiger partial charge in [0.25, 0.3) is 0 Å². The van der Waals surface area contributed by atoms with E-state index in [-0.39, 0.29) is 16.9 Å². The number of phenolic OH excluding ortho intramolecular Hbond substituents is 1. The molecular weight excluding hydrogens is 627 g/mol. The van der Waals surface area contributed by atoms with Crippen molar-refractivity contribution in [3.05, 3.63) is 63.9 Å². The van der Waals surface area contributed by atoms with Gasteiger partial charge in [-0.05, 0) is 71.5 Å². The first-order valence-corrected chi connectivity index (χ1v) is 15.4. The molecule has 1 saturated carbocycles. The summed E-state index contributed by atoms with van der Waals surface area (Å²) in [6.07, 6.45) is 2.36. The highest BCUT2D eigenvalue weighted by molar-refractivity contribution is 6.42. The highest BCUT2D eigenvalue weighted by atomic mass is 35.5. The Kier molecular flexibility index (Phi) is 8.07. The molecule has 4 aromatic heterocycles. The quantitative estimate of drug-likeness (QED) is 0.125. The molecule has 11 nitrogen and oxygen atoms in total. The van der Waals surface area contributed by atoms with Gasteiger partial charge in [-0.2, -0.15) is 10.2 Å². The van der Waals surface area contributed by atoms with Gasteiger partial charge in [-0.25, -0.2) is 9.97 Å². The van der Waals surface area contributed by atoms with Crippen molar-refractivity contribution in [3.63, 3.8) is 0 Å². The van der Waals surface area contributed by atoms with Gasteiger partial charge in [0.1, 0.15) is 11.6 Å². The van der Waals surface area contributed by atoms with Crippen molar-refractivity contribution in [1.82, 2.24) is 30.4 Å². The van der Waals surface area contributed by atoms with Gasteiger partial charge in [-0.1, -0.05) is 50.0 Å². The highest BCUT2D eigenvalue weighted by Gasteiger charge is 2.27. The van der Waals surface area contributed by atoms with Crippen LogP contribution in [0.5, 0.6) is 17.2 Å². The summed E-state index contributed by atoms with van der Waals surface area (Å²) in [6.45, 7) is 6.23. The third-order valence-corrected chi connectivity index (χ3v) is 8.63. The van der Waals surface area contributed by atoms with Crippen LogP contribution in [0.25, 0.3) is 44.3 Å². The van der Waals surface area contributed by atoms with Gasteiger partial charge in [-0.15, -0.1) is 0 Å². The second-order valence-corrected chi connectivity index (χ2v) is 13.0. The van der Waals surface area contributed by atoms with Gasteiger partial charge in [0.05, 0.1) is 35.0 Å². The summed E-state index contributed by atoms with van der Waals surface area (Å²) in [5.41, 5.74) is 18.5. The van der Waals surface area contributed by atoms with Crippen molar-refractivity contribution in [2.24, 2.45) is 0 Å². The Bertz CT molecular complexity index is 2100. The Morgan fingerprint density at radius 2 is 1.43 bits per heavy atom. The van der Waals surface area contributed by atoms with E-state index in [9.17, 15) is 5.11 Å². The minimum absolute atomic E-state index is 0.0128. The number of rotatable bonds is 5. The molecule has 13 heteroatoms.